The summed E-state index contributed by atoms with van der Waals surface area (Å²) in [5.74, 6) is 0.517. The molecule has 1 atom stereocenters. The second-order valence-corrected chi connectivity index (χ2v) is 7.06. The van der Waals surface area contributed by atoms with E-state index in [0.29, 0.717) is 17.3 Å². The second kappa shape index (κ2) is 5.30. The summed E-state index contributed by atoms with van der Waals surface area (Å²) >= 11 is 6.03. The van der Waals surface area contributed by atoms with Crippen LogP contribution in [0.5, 0.6) is 0 Å². The van der Waals surface area contributed by atoms with E-state index in [-0.39, 0.29) is 5.89 Å². The lowest BCUT2D eigenvalue weighted by atomic mass is 10.1. The maximum Gasteiger partial charge on any atom is 0.244 e. The van der Waals surface area contributed by atoms with Gasteiger partial charge in [0.2, 0.25) is 5.89 Å². The number of hydrogen-bond acceptors (Lipinski definition) is 5. The van der Waals surface area contributed by atoms with Crippen molar-refractivity contribution >= 4 is 21.4 Å². The predicted octanol–water partition coefficient (Wildman–Crippen LogP) is 2.42. The van der Waals surface area contributed by atoms with Gasteiger partial charge in [-0.05, 0) is 18.6 Å². The van der Waals surface area contributed by atoms with Crippen LogP contribution in [0.2, 0.25) is 5.02 Å². The molecule has 0 aliphatic rings. The lowest BCUT2D eigenvalue weighted by Crippen LogP contribution is -2.08. The molecule has 0 amide bonds. The van der Waals surface area contributed by atoms with Crippen LogP contribution in [0.1, 0.15) is 29.5 Å². The van der Waals surface area contributed by atoms with Crippen LogP contribution >= 0.6 is 11.6 Å². The highest BCUT2D eigenvalue weighted by Gasteiger charge is 2.23. The molecule has 102 valence electrons. The molecule has 0 spiro atoms. The van der Waals surface area contributed by atoms with Crippen LogP contribution in [0.15, 0.2) is 28.8 Å². The smallest absolute Gasteiger partial charge is 0.244 e. The Balaban J connectivity index is 2.21. The molecule has 1 heterocycles. The van der Waals surface area contributed by atoms with Gasteiger partial charge in [-0.2, -0.15) is 4.98 Å². The minimum atomic E-state index is -3.25. The summed E-state index contributed by atoms with van der Waals surface area (Å²) in [5.41, 5.74) is 0.864. The quantitative estimate of drug-likeness (QED) is 0.867. The molecule has 1 aromatic heterocycles. The highest BCUT2D eigenvalue weighted by molar-refractivity contribution is 7.90. The number of halogens is 1. The van der Waals surface area contributed by atoms with Gasteiger partial charge in [-0.25, -0.2) is 8.42 Å². The van der Waals surface area contributed by atoms with Crippen molar-refractivity contribution in [3.05, 3.63) is 46.6 Å². The Bertz CT molecular complexity index is 682. The maximum absolute atomic E-state index is 11.4. The van der Waals surface area contributed by atoms with E-state index in [1.807, 2.05) is 18.2 Å². The van der Waals surface area contributed by atoms with Crippen LogP contribution in [-0.2, 0) is 16.3 Å². The molecular formula is C12H13ClN2O3S. The molecule has 2 rings (SSSR count). The minimum absolute atomic E-state index is 0.101. The van der Waals surface area contributed by atoms with Gasteiger partial charge in [0.05, 0.1) is 0 Å². The fourth-order valence-corrected chi connectivity index (χ4v) is 2.16. The second-order valence-electron chi connectivity index (χ2n) is 4.29. The molecule has 0 aliphatic heterocycles. The Hall–Kier alpha value is -1.40. The first kappa shape index (κ1) is 14.0. The largest absolute Gasteiger partial charge is 0.338 e. The van der Waals surface area contributed by atoms with Crippen molar-refractivity contribution in [3.63, 3.8) is 0 Å². The molecular weight excluding hydrogens is 288 g/mol. The Morgan fingerprint density at radius 2 is 2.05 bits per heavy atom. The number of nitrogens with zero attached hydrogens (tertiary/aromatic N) is 2. The topological polar surface area (TPSA) is 73.1 Å². The summed E-state index contributed by atoms with van der Waals surface area (Å²) in [7, 11) is -3.25. The van der Waals surface area contributed by atoms with E-state index in [1.165, 1.54) is 6.92 Å². The number of hydrogen-bond donors (Lipinski definition) is 0. The first-order valence-electron chi connectivity index (χ1n) is 5.62. The van der Waals surface area contributed by atoms with Gasteiger partial charge in [0.15, 0.2) is 15.7 Å². The van der Waals surface area contributed by atoms with Crippen molar-refractivity contribution in [1.29, 1.82) is 0 Å². The molecule has 7 heteroatoms. The molecule has 0 saturated heterocycles. The lowest BCUT2D eigenvalue weighted by Gasteiger charge is -2.01. The van der Waals surface area contributed by atoms with Crippen LogP contribution in [-0.4, -0.2) is 24.8 Å². The molecule has 0 fully saturated rings. The average Bonchev–Trinajstić information content (AvgIpc) is 2.78. The van der Waals surface area contributed by atoms with Gasteiger partial charge in [0.25, 0.3) is 0 Å². The Labute approximate surface area is 116 Å². The van der Waals surface area contributed by atoms with E-state index in [4.69, 9.17) is 16.1 Å². The van der Waals surface area contributed by atoms with E-state index in [9.17, 15) is 8.42 Å². The summed E-state index contributed by atoms with van der Waals surface area (Å²) in [6.07, 6.45) is 1.54. The van der Waals surface area contributed by atoms with Crippen molar-refractivity contribution in [2.45, 2.75) is 18.6 Å². The zero-order valence-corrected chi connectivity index (χ0v) is 12.1. The molecule has 0 radical (unpaired) electrons. The van der Waals surface area contributed by atoms with E-state index >= 15 is 0 Å². The standard InChI is InChI=1S/C12H13ClN2O3S/c1-8(19(2,16)17)12-14-11(15-18-12)7-9-5-3-4-6-10(9)13/h3-6,8H,7H2,1-2H3/t8-/m0/s1. The summed E-state index contributed by atoms with van der Waals surface area (Å²) in [4.78, 5) is 4.10. The van der Waals surface area contributed by atoms with E-state index in [2.05, 4.69) is 10.1 Å². The molecule has 0 N–H and O–H groups in total. The number of aromatic nitrogens is 2. The predicted molar refractivity (Wildman–Crippen MR) is 71.8 cm³/mol. The van der Waals surface area contributed by atoms with Gasteiger partial charge in [-0.3, -0.25) is 0 Å². The molecule has 19 heavy (non-hydrogen) atoms. The molecule has 0 bridgehead atoms. The van der Waals surface area contributed by atoms with Crippen molar-refractivity contribution in [3.8, 4) is 0 Å². The van der Waals surface area contributed by atoms with Crippen LogP contribution < -0.4 is 0 Å². The summed E-state index contributed by atoms with van der Waals surface area (Å²) < 4.78 is 27.8. The zero-order valence-electron chi connectivity index (χ0n) is 10.5. The summed E-state index contributed by atoms with van der Waals surface area (Å²) in [6.45, 7) is 1.52. The number of sulfone groups is 1. The molecule has 0 unspecified atom stereocenters. The monoisotopic (exact) mass is 300 g/mol. The van der Waals surface area contributed by atoms with Crippen LogP contribution in [0.25, 0.3) is 0 Å². The van der Waals surface area contributed by atoms with Crippen molar-refractivity contribution in [1.82, 2.24) is 10.1 Å². The minimum Gasteiger partial charge on any atom is -0.338 e. The third-order valence-electron chi connectivity index (χ3n) is 2.78. The third-order valence-corrected chi connectivity index (χ3v) is 4.64. The summed E-state index contributed by atoms with van der Waals surface area (Å²) in [5, 5.41) is 3.59. The maximum atomic E-state index is 11.4. The Morgan fingerprint density at radius 1 is 1.37 bits per heavy atom. The lowest BCUT2D eigenvalue weighted by molar-refractivity contribution is 0.372. The van der Waals surface area contributed by atoms with Crippen LogP contribution in [0.3, 0.4) is 0 Å². The van der Waals surface area contributed by atoms with Crippen molar-refractivity contribution < 1.29 is 12.9 Å². The molecule has 0 saturated carbocycles. The van der Waals surface area contributed by atoms with Gasteiger partial charge >= 0.3 is 0 Å². The van der Waals surface area contributed by atoms with E-state index in [0.717, 1.165) is 11.8 Å². The molecule has 5 nitrogen and oxygen atoms in total. The van der Waals surface area contributed by atoms with Gasteiger partial charge in [-0.15, -0.1) is 0 Å². The fourth-order valence-electron chi connectivity index (χ4n) is 1.50. The first-order chi connectivity index (χ1) is 8.88. The number of rotatable bonds is 4. The Kier molecular flexibility index (Phi) is 3.91. The third kappa shape index (κ3) is 3.33. The van der Waals surface area contributed by atoms with Gasteiger partial charge in [0.1, 0.15) is 5.25 Å². The highest BCUT2D eigenvalue weighted by atomic mass is 35.5. The van der Waals surface area contributed by atoms with Crippen LogP contribution in [0.4, 0.5) is 0 Å². The SMILES string of the molecule is C[C@@H](c1nc(Cc2ccccc2Cl)no1)S(C)(=O)=O. The van der Waals surface area contributed by atoms with Gasteiger partial charge in [-0.1, -0.05) is 35.0 Å². The Morgan fingerprint density at radius 3 is 2.68 bits per heavy atom. The van der Waals surface area contributed by atoms with E-state index < -0.39 is 15.1 Å². The number of benzene rings is 1. The highest BCUT2D eigenvalue weighted by Crippen LogP contribution is 2.21. The molecule has 2 aromatic rings. The van der Waals surface area contributed by atoms with Crippen LogP contribution in [0, 0.1) is 0 Å². The normalized spacial score (nSPS) is 13.4. The average molecular weight is 301 g/mol. The van der Waals surface area contributed by atoms with Crippen molar-refractivity contribution in [2.75, 3.05) is 6.26 Å². The zero-order chi connectivity index (χ0) is 14.0. The first-order valence-corrected chi connectivity index (χ1v) is 7.96. The van der Waals surface area contributed by atoms with E-state index in [1.54, 1.807) is 6.07 Å². The molecule has 0 aliphatic carbocycles. The fraction of sp³-hybridized carbons (Fsp3) is 0.333. The van der Waals surface area contributed by atoms with Gasteiger partial charge < -0.3 is 4.52 Å². The molecule has 1 aromatic carbocycles. The van der Waals surface area contributed by atoms with Gasteiger partial charge in [0, 0.05) is 17.7 Å². The van der Waals surface area contributed by atoms with Crippen molar-refractivity contribution in [2.24, 2.45) is 0 Å². The summed E-state index contributed by atoms with van der Waals surface area (Å²) in [6, 6.07) is 7.33.